The van der Waals surface area contributed by atoms with Gasteiger partial charge in [0.2, 0.25) is 21.8 Å². The largest absolute Gasteiger partial charge is 0.419 e. The maximum Gasteiger partial charge on any atom is 0.419 e. The van der Waals surface area contributed by atoms with Crippen LogP contribution in [0.1, 0.15) is 56.2 Å². The van der Waals surface area contributed by atoms with Gasteiger partial charge in [-0.15, -0.1) is 0 Å². The molecular weight excluding hydrogens is 538 g/mol. The quantitative estimate of drug-likeness (QED) is 0.434. The summed E-state index contributed by atoms with van der Waals surface area (Å²) in [6.45, 7) is 3.23. The summed E-state index contributed by atoms with van der Waals surface area (Å²) in [5.41, 5.74) is 0.749. The zero-order valence-electron chi connectivity index (χ0n) is 22.7. The van der Waals surface area contributed by atoms with Crippen molar-refractivity contribution in [3.8, 4) is 0 Å². The van der Waals surface area contributed by atoms with Crippen molar-refractivity contribution >= 4 is 27.0 Å². The Bertz CT molecular complexity index is 1530. The molecule has 1 aromatic carbocycles. The van der Waals surface area contributed by atoms with Crippen LogP contribution in [-0.2, 0) is 33.0 Å². The highest BCUT2D eigenvalue weighted by Crippen LogP contribution is 2.30. The lowest BCUT2D eigenvalue weighted by Gasteiger charge is -2.37. The minimum Gasteiger partial charge on any atom is -0.408 e. The van der Waals surface area contributed by atoms with Crippen LogP contribution in [0.2, 0.25) is 0 Å². The van der Waals surface area contributed by atoms with E-state index < -0.39 is 15.8 Å². The van der Waals surface area contributed by atoms with Gasteiger partial charge in [-0.25, -0.2) is 13.2 Å². The molecule has 6 rings (SSSR count). The molecule has 3 aromatic rings. The van der Waals surface area contributed by atoms with Crippen LogP contribution in [0, 0.1) is 11.8 Å². The first-order valence-corrected chi connectivity index (χ1v) is 15.5. The molecule has 0 radical (unpaired) electrons. The molecule has 0 bridgehead atoms. The standard InChI is InChI=1S/C27H35N5O7S/c1-30-22-5-4-21(16-23(22)38-27(30)34)40(35,36)32-10-2-3-20(17-32)26(33)31-11-6-18(7-12-31)15-24-28-25(29-39-24)19-8-13-37-14-9-19/h4-5,16,18-20H,2-3,6-15,17H2,1H3. The molecule has 0 aliphatic carbocycles. The first-order chi connectivity index (χ1) is 19.3. The Hall–Kier alpha value is -3.03. The van der Waals surface area contributed by atoms with Gasteiger partial charge in [0.1, 0.15) is 0 Å². The molecule has 0 saturated carbocycles. The molecule has 3 aliphatic rings. The van der Waals surface area contributed by atoms with Gasteiger partial charge in [0.05, 0.1) is 16.3 Å². The number of nitrogens with zero attached hydrogens (tertiary/aromatic N) is 5. The Morgan fingerprint density at radius 3 is 2.62 bits per heavy atom. The number of aromatic nitrogens is 3. The van der Waals surface area contributed by atoms with Gasteiger partial charge < -0.3 is 18.6 Å². The molecule has 1 atom stereocenters. The summed E-state index contributed by atoms with van der Waals surface area (Å²) < 4.78 is 45.7. The lowest BCUT2D eigenvalue weighted by atomic mass is 9.91. The molecule has 3 fully saturated rings. The van der Waals surface area contributed by atoms with Crippen LogP contribution in [-0.4, -0.2) is 77.6 Å². The Balaban J connectivity index is 1.04. The molecule has 1 amide bonds. The number of hydrogen-bond acceptors (Lipinski definition) is 9. The van der Waals surface area contributed by atoms with Crippen LogP contribution >= 0.6 is 0 Å². The summed E-state index contributed by atoms with van der Waals surface area (Å²) in [4.78, 5) is 31.8. The number of carbonyl (C=O) groups is 1. The molecule has 3 saturated heterocycles. The van der Waals surface area contributed by atoms with E-state index in [1.165, 1.54) is 21.0 Å². The van der Waals surface area contributed by atoms with Gasteiger partial charge in [-0.2, -0.15) is 9.29 Å². The zero-order valence-corrected chi connectivity index (χ0v) is 23.5. The SMILES string of the molecule is Cn1c(=O)oc2cc(S(=O)(=O)N3CCCC(C(=O)N4CCC(Cc5nc(C6CCOCC6)no5)CC4)C3)ccc21. The van der Waals surface area contributed by atoms with Crippen LogP contribution in [0.4, 0.5) is 0 Å². The third-order valence-electron chi connectivity index (χ3n) is 8.59. The van der Waals surface area contributed by atoms with E-state index in [1.807, 2.05) is 4.90 Å². The fraction of sp³-hybridized carbons (Fsp3) is 0.630. The molecule has 40 heavy (non-hydrogen) atoms. The van der Waals surface area contributed by atoms with Gasteiger partial charge in [0, 0.05) is 64.8 Å². The number of carbonyl (C=O) groups excluding carboxylic acids is 1. The molecular formula is C27H35N5O7S. The van der Waals surface area contributed by atoms with E-state index in [0.717, 1.165) is 44.7 Å². The van der Waals surface area contributed by atoms with Crippen molar-refractivity contribution in [3.05, 3.63) is 40.5 Å². The van der Waals surface area contributed by atoms with E-state index in [4.69, 9.17) is 13.7 Å². The van der Waals surface area contributed by atoms with Crippen molar-refractivity contribution < 1.29 is 26.9 Å². The highest BCUT2D eigenvalue weighted by atomic mass is 32.2. The van der Waals surface area contributed by atoms with E-state index in [-0.39, 0.29) is 28.8 Å². The third-order valence-corrected chi connectivity index (χ3v) is 10.5. The summed E-state index contributed by atoms with van der Waals surface area (Å²) in [5.74, 6) is 1.19. The molecule has 0 spiro atoms. The van der Waals surface area contributed by atoms with Gasteiger partial charge in [0.25, 0.3) is 0 Å². The number of piperidine rings is 2. The van der Waals surface area contributed by atoms with Gasteiger partial charge in [-0.3, -0.25) is 9.36 Å². The molecule has 13 heteroatoms. The number of hydrogen-bond donors (Lipinski definition) is 0. The van der Waals surface area contributed by atoms with Crippen LogP contribution in [0.3, 0.4) is 0 Å². The van der Waals surface area contributed by atoms with Gasteiger partial charge in [0.15, 0.2) is 11.4 Å². The number of amides is 1. The van der Waals surface area contributed by atoms with Crippen LogP contribution in [0.5, 0.6) is 0 Å². The van der Waals surface area contributed by atoms with Crippen LogP contribution in [0.15, 0.2) is 36.8 Å². The van der Waals surface area contributed by atoms with Gasteiger partial charge >= 0.3 is 5.76 Å². The van der Waals surface area contributed by atoms with Crippen molar-refractivity contribution in [1.29, 1.82) is 0 Å². The first-order valence-electron chi connectivity index (χ1n) is 14.1. The van der Waals surface area contributed by atoms with Crippen molar-refractivity contribution in [1.82, 2.24) is 23.9 Å². The second-order valence-corrected chi connectivity index (χ2v) is 13.1. The third kappa shape index (κ3) is 5.34. The lowest BCUT2D eigenvalue weighted by molar-refractivity contribution is -0.138. The summed E-state index contributed by atoms with van der Waals surface area (Å²) in [5, 5.41) is 4.20. The number of benzene rings is 1. The molecule has 216 valence electrons. The Labute approximate surface area is 232 Å². The van der Waals surface area contributed by atoms with Crippen molar-refractivity contribution in [2.45, 2.75) is 55.8 Å². The lowest BCUT2D eigenvalue weighted by Crippen LogP contribution is -2.48. The minimum atomic E-state index is -3.84. The van der Waals surface area contributed by atoms with Crippen molar-refractivity contribution in [2.75, 3.05) is 39.4 Å². The Morgan fingerprint density at radius 1 is 1.07 bits per heavy atom. The normalized spacial score (nSPS) is 22.2. The summed E-state index contributed by atoms with van der Waals surface area (Å²) in [6, 6.07) is 4.45. The van der Waals surface area contributed by atoms with E-state index in [1.54, 1.807) is 13.1 Å². The topological polar surface area (TPSA) is 141 Å². The van der Waals surface area contributed by atoms with Gasteiger partial charge in [-0.1, -0.05) is 5.16 Å². The molecule has 5 heterocycles. The average molecular weight is 574 g/mol. The minimum absolute atomic E-state index is 0.0162. The fourth-order valence-electron chi connectivity index (χ4n) is 6.12. The summed E-state index contributed by atoms with van der Waals surface area (Å²) in [6.07, 6.45) is 5.50. The number of fused-ring (bicyclic) bond motifs is 1. The Morgan fingerprint density at radius 2 is 1.85 bits per heavy atom. The Kier molecular flexibility index (Phi) is 7.53. The first kappa shape index (κ1) is 27.2. The molecule has 0 N–H and O–H groups in total. The smallest absolute Gasteiger partial charge is 0.408 e. The second-order valence-electron chi connectivity index (χ2n) is 11.2. The number of ether oxygens (including phenoxy) is 1. The highest BCUT2D eigenvalue weighted by molar-refractivity contribution is 7.89. The van der Waals surface area contributed by atoms with E-state index in [2.05, 4.69) is 10.1 Å². The zero-order chi connectivity index (χ0) is 27.9. The van der Waals surface area contributed by atoms with Crippen molar-refractivity contribution in [2.24, 2.45) is 18.9 Å². The van der Waals surface area contributed by atoms with E-state index >= 15 is 0 Å². The number of oxazole rings is 1. The number of rotatable bonds is 6. The van der Waals surface area contributed by atoms with E-state index in [9.17, 15) is 18.0 Å². The number of likely N-dealkylation sites (tertiary alicyclic amines) is 1. The van der Waals surface area contributed by atoms with Crippen molar-refractivity contribution in [3.63, 3.8) is 0 Å². The highest BCUT2D eigenvalue weighted by Gasteiger charge is 2.36. The molecule has 3 aliphatic heterocycles. The van der Waals surface area contributed by atoms with Gasteiger partial charge in [-0.05, 0) is 56.6 Å². The second kappa shape index (κ2) is 11.1. The predicted molar refractivity (Wildman–Crippen MR) is 143 cm³/mol. The summed E-state index contributed by atoms with van der Waals surface area (Å²) in [7, 11) is -2.27. The summed E-state index contributed by atoms with van der Waals surface area (Å²) >= 11 is 0. The predicted octanol–water partition coefficient (Wildman–Crippen LogP) is 2.29. The fourth-order valence-corrected chi connectivity index (χ4v) is 7.66. The maximum absolute atomic E-state index is 13.4. The number of sulfonamides is 1. The number of aryl methyl sites for hydroxylation is 1. The maximum atomic E-state index is 13.4. The monoisotopic (exact) mass is 573 g/mol. The molecule has 1 unspecified atom stereocenters. The van der Waals surface area contributed by atoms with Crippen LogP contribution in [0.25, 0.3) is 11.1 Å². The average Bonchev–Trinajstić information content (AvgIpc) is 3.57. The van der Waals surface area contributed by atoms with Crippen LogP contribution < -0.4 is 5.76 Å². The van der Waals surface area contributed by atoms with E-state index in [0.29, 0.717) is 62.1 Å². The molecule has 12 nitrogen and oxygen atoms in total. The molecule has 2 aromatic heterocycles.